The van der Waals surface area contributed by atoms with Crippen molar-refractivity contribution in [2.45, 2.75) is 58.5 Å². The molecule has 4 heterocycles. The van der Waals surface area contributed by atoms with E-state index in [0.717, 1.165) is 47.8 Å². The molecule has 0 aromatic carbocycles. The lowest BCUT2D eigenvalue weighted by atomic mass is 10.1. The van der Waals surface area contributed by atoms with Crippen LogP contribution in [0.25, 0.3) is 5.65 Å². The number of aryl methyl sites for hydroxylation is 2. The maximum atomic E-state index is 12.5. The minimum atomic E-state index is -0.0173. The molecule has 4 rings (SSSR count). The van der Waals surface area contributed by atoms with Gasteiger partial charge in [0.25, 0.3) is 5.56 Å². The van der Waals surface area contributed by atoms with Crippen molar-refractivity contribution >= 4 is 5.65 Å². The van der Waals surface area contributed by atoms with Crippen LogP contribution in [-0.4, -0.2) is 20.8 Å². The second-order valence-electron chi connectivity index (χ2n) is 7.46. The molecule has 5 heteroatoms. The van der Waals surface area contributed by atoms with Gasteiger partial charge >= 0.3 is 0 Å². The van der Waals surface area contributed by atoms with Crippen molar-refractivity contribution in [2.24, 2.45) is 0 Å². The molecular formula is C22H27N3O2. The smallest absolute Gasteiger partial charge is 0.258 e. The van der Waals surface area contributed by atoms with Crippen LogP contribution in [0.3, 0.4) is 0 Å². The summed E-state index contributed by atoms with van der Waals surface area (Å²) in [6, 6.07) is 10.0. The Morgan fingerprint density at radius 2 is 2.11 bits per heavy atom. The molecule has 0 bridgehead atoms. The molecule has 3 aromatic rings. The second kappa shape index (κ2) is 7.69. The number of fused-ring (bicyclic) bond motifs is 1. The third kappa shape index (κ3) is 3.69. The standard InChI is InChI=1S/C22H27N3O2/c1-3-18-10-11-20(27-18)19-9-5-4-6-12-24(19)15-17-14-21(26)25-13-7-8-16(2)22(25)23-17/h7-8,10-11,13-14,19H,3-6,9,12,15H2,1-2H3. The first kappa shape index (κ1) is 18.0. The summed E-state index contributed by atoms with van der Waals surface area (Å²) in [6.07, 6.45) is 7.39. The van der Waals surface area contributed by atoms with Crippen LogP contribution in [0.2, 0.25) is 0 Å². The molecule has 0 N–H and O–H groups in total. The molecule has 1 atom stereocenters. The van der Waals surface area contributed by atoms with Crippen LogP contribution in [0.15, 0.2) is 45.7 Å². The molecule has 0 amide bonds. The number of hydrogen-bond donors (Lipinski definition) is 0. The summed E-state index contributed by atoms with van der Waals surface area (Å²) in [5.74, 6) is 2.08. The Bertz CT molecular complexity index is 989. The summed E-state index contributed by atoms with van der Waals surface area (Å²) in [6.45, 7) is 5.78. The monoisotopic (exact) mass is 365 g/mol. The zero-order valence-corrected chi connectivity index (χ0v) is 16.1. The maximum absolute atomic E-state index is 12.5. The Morgan fingerprint density at radius 1 is 1.22 bits per heavy atom. The van der Waals surface area contributed by atoms with Crippen LogP contribution in [0.5, 0.6) is 0 Å². The number of furan rings is 1. The first-order valence-corrected chi connectivity index (χ1v) is 9.96. The third-order valence-corrected chi connectivity index (χ3v) is 5.53. The van der Waals surface area contributed by atoms with Crippen LogP contribution in [0.4, 0.5) is 0 Å². The van der Waals surface area contributed by atoms with Crippen LogP contribution in [0, 0.1) is 6.92 Å². The van der Waals surface area contributed by atoms with Crippen molar-refractivity contribution in [3.05, 3.63) is 69.7 Å². The summed E-state index contributed by atoms with van der Waals surface area (Å²) in [4.78, 5) is 19.8. The summed E-state index contributed by atoms with van der Waals surface area (Å²) in [5, 5.41) is 0. The zero-order valence-electron chi connectivity index (χ0n) is 16.1. The molecule has 0 aliphatic carbocycles. The van der Waals surface area contributed by atoms with Crippen LogP contribution in [-0.2, 0) is 13.0 Å². The SMILES string of the molecule is CCc1ccc(C2CCCCCN2Cc2cc(=O)n3cccc(C)c3n2)o1. The Hall–Kier alpha value is -2.40. The molecule has 27 heavy (non-hydrogen) atoms. The van der Waals surface area contributed by atoms with Gasteiger partial charge in [-0.2, -0.15) is 0 Å². The number of likely N-dealkylation sites (tertiary alicyclic amines) is 1. The lowest BCUT2D eigenvalue weighted by Gasteiger charge is -2.28. The van der Waals surface area contributed by atoms with E-state index >= 15 is 0 Å². The number of hydrogen-bond acceptors (Lipinski definition) is 4. The number of aromatic nitrogens is 2. The van der Waals surface area contributed by atoms with E-state index in [2.05, 4.69) is 24.0 Å². The number of pyridine rings is 1. The topological polar surface area (TPSA) is 50.8 Å². The normalized spacial score (nSPS) is 18.7. The summed E-state index contributed by atoms with van der Waals surface area (Å²) < 4.78 is 7.70. The van der Waals surface area contributed by atoms with Gasteiger partial charge in [-0.3, -0.25) is 14.1 Å². The average Bonchev–Trinajstić information content (AvgIpc) is 3.02. The van der Waals surface area contributed by atoms with Gasteiger partial charge in [0, 0.05) is 25.2 Å². The van der Waals surface area contributed by atoms with Gasteiger partial charge < -0.3 is 4.42 Å². The predicted molar refractivity (Wildman–Crippen MR) is 106 cm³/mol. The van der Waals surface area contributed by atoms with Gasteiger partial charge in [-0.15, -0.1) is 0 Å². The highest BCUT2D eigenvalue weighted by atomic mass is 16.3. The lowest BCUT2D eigenvalue weighted by molar-refractivity contribution is 0.166. The summed E-state index contributed by atoms with van der Waals surface area (Å²) in [7, 11) is 0. The third-order valence-electron chi connectivity index (χ3n) is 5.53. The molecule has 1 fully saturated rings. The first-order valence-electron chi connectivity index (χ1n) is 9.96. The Kier molecular flexibility index (Phi) is 5.12. The first-order chi connectivity index (χ1) is 13.2. The highest BCUT2D eigenvalue weighted by Crippen LogP contribution is 2.32. The van der Waals surface area contributed by atoms with E-state index in [4.69, 9.17) is 9.40 Å². The minimum Gasteiger partial charge on any atom is -0.464 e. The van der Waals surface area contributed by atoms with E-state index < -0.39 is 0 Å². The van der Waals surface area contributed by atoms with E-state index in [0.29, 0.717) is 6.54 Å². The fourth-order valence-electron chi connectivity index (χ4n) is 4.04. The Labute approximate surface area is 159 Å². The molecule has 0 radical (unpaired) electrons. The van der Waals surface area contributed by atoms with Crippen molar-refractivity contribution in [1.29, 1.82) is 0 Å². The van der Waals surface area contributed by atoms with E-state index in [-0.39, 0.29) is 11.6 Å². The zero-order chi connectivity index (χ0) is 18.8. The minimum absolute atomic E-state index is 0.0173. The van der Waals surface area contributed by atoms with Crippen LogP contribution < -0.4 is 5.56 Å². The Balaban J connectivity index is 1.67. The van der Waals surface area contributed by atoms with Crippen LogP contribution in [0.1, 0.15) is 61.4 Å². The molecule has 142 valence electrons. The average molecular weight is 365 g/mol. The van der Waals surface area contributed by atoms with Gasteiger partial charge in [0.2, 0.25) is 0 Å². The largest absolute Gasteiger partial charge is 0.464 e. The fraction of sp³-hybridized carbons (Fsp3) is 0.455. The molecule has 3 aromatic heterocycles. The van der Waals surface area contributed by atoms with Gasteiger partial charge in [0.05, 0.1) is 11.7 Å². The van der Waals surface area contributed by atoms with Crippen molar-refractivity contribution < 1.29 is 4.42 Å². The van der Waals surface area contributed by atoms with E-state index in [1.807, 2.05) is 19.1 Å². The van der Waals surface area contributed by atoms with Gasteiger partial charge in [0.1, 0.15) is 17.2 Å². The number of nitrogens with zero attached hydrogens (tertiary/aromatic N) is 3. The van der Waals surface area contributed by atoms with E-state index in [1.54, 1.807) is 16.7 Å². The van der Waals surface area contributed by atoms with E-state index in [1.165, 1.54) is 19.3 Å². The van der Waals surface area contributed by atoms with Crippen molar-refractivity contribution in [3.63, 3.8) is 0 Å². The molecule has 1 unspecified atom stereocenters. The molecule has 0 spiro atoms. The van der Waals surface area contributed by atoms with Gasteiger partial charge in [0.15, 0.2) is 0 Å². The molecule has 1 aliphatic heterocycles. The Morgan fingerprint density at radius 3 is 2.93 bits per heavy atom. The van der Waals surface area contributed by atoms with Crippen molar-refractivity contribution in [2.75, 3.05) is 6.54 Å². The molecule has 5 nitrogen and oxygen atoms in total. The summed E-state index contributed by atoms with van der Waals surface area (Å²) in [5.41, 5.74) is 2.58. The molecular weight excluding hydrogens is 338 g/mol. The van der Waals surface area contributed by atoms with Gasteiger partial charge in [-0.25, -0.2) is 4.98 Å². The fourth-order valence-corrected chi connectivity index (χ4v) is 4.04. The molecule has 1 saturated heterocycles. The molecule has 0 saturated carbocycles. The van der Waals surface area contributed by atoms with Crippen molar-refractivity contribution in [1.82, 2.24) is 14.3 Å². The van der Waals surface area contributed by atoms with Gasteiger partial charge in [-0.05, 0) is 50.1 Å². The van der Waals surface area contributed by atoms with E-state index in [9.17, 15) is 4.79 Å². The quantitative estimate of drug-likeness (QED) is 0.693. The summed E-state index contributed by atoms with van der Waals surface area (Å²) >= 11 is 0. The maximum Gasteiger partial charge on any atom is 0.258 e. The predicted octanol–water partition coefficient (Wildman–Crippen LogP) is 4.28. The second-order valence-corrected chi connectivity index (χ2v) is 7.46. The van der Waals surface area contributed by atoms with Crippen molar-refractivity contribution in [3.8, 4) is 0 Å². The van der Waals surface area contributed by atoms with Gasteiger partial charge in [-0.1, -0.05) is 25.8 Å². The number of rotatable bonds is 4. The highest BCUT2D eigenvalue weighted by Gasteiger charge is 2.26. The lowest BCUT2D eigenvalue weighted by Crippen LogP contribution is -2.29. The van der Waals surface area contributed by atoms with Crippen LogP contribution >= 0.6 is 0 Å². The molecule has 1 aliphatic rings. The highest BCUT2D eigenvalue weighted by molar-refractivity contribution is 5.46.